The molecule has 21 heavy (non-hydrogen) atoms. The second-order valence-electron chi connectivity index (χ2n) is 5.26. The maximum Gasteiger partial charge on any atom is 0.129 e. The standard InChI is InChI=1S/C16H17N5/c1-2-4-14-13(3-1)16(20-19-14)12-5-6-18-15(11-12)21-9-7-17-8-10-21/h1-6,11,17H,7-10H2,(H,19,20). The van der Waals surface area contributed by atoms with Crippen LogP contribution in [0.3, 0.4) is 0 Å². The summed E-state index contributed by atoms with van der Waals surface area (Å²) in [7, 11) is 0. The number of nitrogens with one attached hydrogen (secondary N) is 2. The van der Waals surface area contributed by atoms with Gasteiger partial charge in [0.25, 0.3) is 0 Å². The van der Waals surface area contributed by atoms with Gasteiger partial charge < -0.3 is 10.2 Å². The molecule has 0 aliphatic carbocycles. The molecule has 0 unspecified atom stereocenters. The van der Waals surface area contributed by atoms with E-state index >= 15 is 0 Å². The Bertz CT molecular complexity index is 758. The Labute approximate surface area is 123 Å². The Morgan fingerprint density at radius 1 is 1.05 bits per heavy atom. The van der Waals surface area contributed by atoms with Gasteiger partial charge in [-0.15, -0.1) is 0 Å². The molecule has 5 heteroatoms. The first kappa shape index (κ1) is 12.3. The van der Waals surface area contributed by atoms with Gasteiger partial charge in [0.05, 0.1) is 5.52 Å². The number of nitrogens with zero attached hydrogens (tertiary/aromatic N) is 3. The molecular weight excluding hydrogens is 262 g/mol. The van der Waals surface area contributed by atoms with Crippen molar-refractivity contribution in [3.8, 4) is 11.3 Å². The number of piperazine rings is 1. The van der Waals surface area contributed by atoms with Gasteiger partial charge in [0.1, 0.15) is 11.5 Å². The number of hydrogen-bond acceptors (Lipinski definition) is 4. The molecule has 0 bridgehead atoms. The Morgan fingerprint density at radius 3 is 2.81 bits per heavy atom. The lowest BCUT2D eigenvalue weighted by Gasteiger charge is -2.28. The monoisotopic (exact) mass is 279 g/mol. The van der Waals surface area contributed by atoms with Crippen LogP contribution in [0.4, 0.5) is 5.82 Å². The molecule has 4 rings (SSSR count). The van der Waals surface area contributed by atoms with Crippen LogP contribution >= 0.6 is 0 Å². The van der Waals surface area contributed by atoms with Crippen LogP contribution in [0, 0.1) is 0 Å². The highest BCUT2D eigenvalue weighted by Crippen LogP contribution is 2.27. The third-order valence-corrected chi connectivity index (χ3v) is 3.93. The lowest BCUT2D eigenvalue weighted by molar-refractivity contribution is 0.585. The van der Waals surface area contributed by atoms with Crippen LogP contribution in [0.2, 0.25) is 0 Å². The summed E-state index contributed by atoms with van der Waals surface area (Å²) in [6.07, 6.45) is 1.87. The van der Waals surface area contributed by atoms with Gasteiger partial charge in [-0.2, -0.15) is 5.10 Å². The maximum absolute atomic E-state index is 4.51. The summed E-state index contributed by atoms with van der Waals surface area (Å²) >= 11 is 0. The fourth-order valence-corrected chi connectivity index (χ4v) is 2.82. The SMILES string of the molecule is c1ccc2c(-c3ccnc(N4CCNCC4)c3)n[nH]c2c1. The summed E-state index contributed by atoms with van der Waals surface area (Å²) in [6, 6.07) is 12.4. The molecule has 2 aromatic heterocycles. The van der Waals surface area contributed by atoms with Crippen LogP contribution in [-0.4, -0.2) is 41.4 Å². The summed E-state index contributed by atoms with van der Waals surface area (Å²) in [5, 5.41) is 12.1. The number of aromatic nitrogens is 3. The minimum Gasteiger partial charge on any atom is -0.354 e. The molecule has 1 aliphatic rings. The van der Waals surface area contributed by atoms with E-state index in [4.69, 9.17) is 0 Å². The Morgan fingerprint density at radius 2 is 1.90 bits per heavy atom. The molecule has 2 N–H and O–H groups in total. The molecule has 0 saturated carbocycles. The van der Waals surface area contributed by atoms with Crippen molar-refractivity contribution in [1.82, 2.24) is 20.5 Å². The first-order chi connectivity index (χ1) is 10.4. The normalized spacial score (nSPS) is 15.5. The summed E-state index contributed by atoms with van der Waals surface area (Å²) in [4.78, 5) is 6.83. The van der Waals surface area contributed by atoms with Crippen molar-refractivity contribution in [3.05, 3.63) is 42.6 Å². The highest BCUT2D eigenvalue weighted by Gasteiger charge is 2.14. The lowest BCUT2D eigenvalue weighted by Crippen LogP contribution is -2.43. The number of benzene rings is 1. The van der Waals surface area contributed by atoms with E-state index in [-0.39, 0.29) is 0 Å². The quantitative estimate of drug-likeness (QED) is 0.753. The van der Waals surface area contributed by atoms with E-state index in [2.05, 4.69) is 37.5 Å². The number of fused-ring (bicyclic) bond motifs is 1. The molecule has 1 aromatic carbocycles. The molecule has 106 valence electrons. The third-order valence-electron chi connectivity index (χ3n) is 3.93. The average Bonchev–Trinajstić information content (AvgIpc) is 3.00. The van der Waals surface area contributed by atoms with Crippen molar-refractivity contribution >= 4 is 16.7 Å². The largest absolute Gasteiger partial charge is 0.354 e. The number of aromatic amines is 1. The fourth-order valence-electron chi connectivity index (χ4n) is 2.82. The predicted octanol–water partition coefficient (Wildman–Crippen LogP) is 2.03. The zero-order valence-electron chi connectivity index (χ0n) is 11.7. The predicted molar refractivity (Wildman–Crippen MR) is 84.4 cm³/mol. The molecular formula is C16H17N5. The number of H-pyrrole nitrogens is 1. The van der Waals surface area contributed by atoms with Crippen molar-refractivity contribution in [2.24, 2.45) is 0 Å². The van der Waals surface area contributed by atoms with Gasteiger partial charge in [0.15, 0.2) is 0 Å². The van der Waals surface area contributed by atoms with Crippen LogP contribution in [0.15, 0.2) is 42.6 Å². The van der Waals surface area contributed by atoms with Crippen LogP contribution < -0.4 is 10.2 Å². The first-order valence-corrected chi connectivity index (χ1v) is 7.27. The first-order valence-electron chi connectivity index (χ1n) is 7.27. The summed E-state index contributed by atoms with van der Waals surface area (Å²) in [6.45, 7) is 4.02. The van der Waals surface area contributed by atoms with Crippen LogP contribution in [-0.2, 0) is 0 Å². The number of anilines is 1. The van der Waals surface area contributed by atoms with Gasteiger partial charge in [-0.1, -0.05) is 18.2 Å². The lowest BCUT2D eigenvalue weighted by atomic mass is 10.1. The number of hydrogen-bond donors (Lipinski definition) is 2. The number of rotatable bonds is 2. The van der Waals surface area contributed by atoms with Crippen molar-refractivity contribution < 1.29 is 0 Å². The van der Waals surface area contributed by atoms with Gasteiger partial charge in [0.2, 0.25) is 0 Å². The molecule has 1 saturated heterocycles. The number of pyridine rings is 1. The molecule has 0 atom stereocenters. The van der Waals surface area contributed by atoms with Crippen molar-refractivity contribution in [3.63, 3.8) is 0 Å². The Kier molecular flexibility index (Phi) is 3.05. The molecule has 1 fully saturated rings. The molecule has 3 heterocycles. The molecule has 3 aromatic rings. The summed E-state index contributed by atoms with van der Waals surface area (Å²) < 4.78 is 0. The molecule has 1 aliphatic heterocycles. The summed E-state index contributed by atoms with van der Waals surface area (Å²) in [5.41, 5.74) is 3.16. The van der Waals surface area contributed by atoms with Gasteiger partial charge >= 0.3 is 0 Å². The zero-order valence-corrected chi connectivity index (χ0v) is 11.7. The van der Waals surface area contributed by atoms with Crippen LogP contribution in [0.1, 0.15) is 0 Å². The molecule has 0 radical (unpaired) electrons. The molecule has 5 nitrogen and oxygen atoms in total. The second-order valence-corrected chi connectivity index (χ2v) is 5.26. The summed E-state index contributed by atoms with van der Waals surface area (Å²) in [5.74, 6) is 1.03. The minimum atomic E-state index is 0.990. The topological polar surface area (TPSA) is 56.8 Å². The molecule has 0 spiro atoms. The number of para-hydroxylation sites is 1. The van der Waals surface area contributed by atoms with Crippen molar-refractivity contribution in [2.75, 3.05) is 31.1 Å². The maximum atomic E-state index is 4.51. The van der Waals surface area contributed by atoms with Crippen molar-refractivity contribution in [1.29, 1.82) is 0 Å². The molecule has 0 amide bonds. The van der Waals surface area contributed by atoms with E-state index < -0.39 is 0 Å². The zero-order chi connectivity index (χ0) is 14.1. The Hall–Kier alpha value is -2.40. The third kappa shape index (κ3) is 2.25. The van der Waals surface area contributed by atoms with E-state index in [0.29, 0.717) is 0 Å². The van der Waals surface area contributed by atoms with E-state index in [0.717, 1.165) is 54.2 Å². The van der Waals surface area contributed by atoms with E-state index in [1.165, 1.54) is 0 Å². The second kappa shape index (κ2) is 5.18. The van der Waals surface area contributed by atoms with E-state index in [1.807, 2.05) is 30.5 Å². The Balaban J connectivity index is 1.75. The van der Waals surface area contributed by atoms with Gasteiger partial charge in [-0.3, -0.25) is 5.10 Å². The van der Waals surface area contributed by atoms with E-state index in [1.54, 1.807) is 0 Å². The highest BCUT2D eigenvalue weighted by atomic mass is 15.2. The van der Waals surface area contributed by atoms with Crippen LogP contribution in [0.25, 0.3) is 22.2 Å². The van der Waals surface area contributed by atoms with Crippen LogP contribution in [0.5, 0.6) is 0 Å². The smallest absolute Gasteiger partial charge is 0.129 e. The average molecular weight is 279 g/mol. The minimum absolute atomic E-state index is 0.990. The van der Waals surface area contributed by atoms with Crippen molar-refractivity contribution in [2.45, 2.75) is 0 Å². The van der Waals surface area contributed by atoms with Gasteiger partial charge in [-0.25, -0.2) is 4.98 Å². The van der Waals surface area contributed by atoms with E-state index in [9.17, 15) is 0 Å². The highest BCUT2D eigenvalue weighted by molar-refractivity contribution is 5.93. The van der Waals surface area contributed by atoms with Gasteiger partial charge in [-0.05, 0) is 18.2 Å². The fraction of sp³-hybridized carbons (Fsp3) is 0.250. The van der Waals surface area contributed by atoms with Gasteiger partial charge in [0, 0.05) is 43.3 Å².